The molecule has 1 heterocycles. The minimum absolute atomic E-state index is 0.208. The van der Waals surface area contributed by atoms with Gasteiger partial charge in [0.1, 0.15) is 39.2 Å². The first kappa shape index (κ1) is 16.5. The number of aromatic nitrogens is 1. The Morgan fingerprint density at radius 2 is 1.28 bits per heavy atom. The molecule has 10 radical (unpaired) electrons. The van der Waals surface area contributed by atoms with Crippen molar-refractivity contribution in [2.45, 2.75) is 0 Å². The molecule has 0 atom stereocenters. The molecule has 1 aromatic heterocycles. The molecule has 7 heteroatoms. The van der Waals surface area contributed by atoms with E-state index in [2.05, 4.69) is 4.98 Å². The van der Waals surface area contributed by atoms with Gasteiger partial charge in [0.05, 0.1) is 0 Å². The Balaban J connectivity index is 2.02. The molecule has 0 saturated heterocycles. The van der Waals surface area contributed by atoms with Crippen LogP contribution >= 0.6 is 11.6 Å². The summed E-state index contributed by atoms with van der Waals surface area (Å²) in [7, 11) is 30.1. The minimum atomic E-state index is 0.208. The van der Waals surface area contributed by atoms with E-state index in [1.807, 2.05) is 36.4 Å². The predicted octanol–water partition coefficient (Wildman–Crippen LogP) is -0.389. The Bertz CT molecular complexity index is 1140. The molecular weight excluding hydrogens is 320 g/mol. The van der Waals surface area contributed by atoms with Gasteiger partial charge in [0.15, 0.2) is 0 Å². The van der Waals surface area contributed by atoms with Gasteiger partial charge in [-0.15, -0.1) is 16.4 Å². The topological polar surface area (TPSA) is 15.8 Å². The van der Waals surface area contributed by atoms with Crippen molar-refractivity contribution >= 4 is 100.0 Å². The fourth-order valence-corrected chi connectivity index (χ4v) is 3.36. The van der Waals surface area contributed by atoms with Gasteiger partial charge >= 0.3 is 0 Å². The summed E-state index contributed by atoms with van der Waals surface area (Å²) in [6.07, 6.45) is 0. The fraction of sp³-hybridized carbons (Fsp3) is 0. The van der Waals surface area contributed by atoms with Crippen LogP contribution in [0.25, 0.3) is 32.9 Å². The zero-order valence-corrected chi connectivity index (χ0v) is 14.0. The van der Waals surface area contributed by atoms with E-state index in [1.54, 1.807) is 0 Å². The molecule has 25 heavy (non-hydrogen) atoms. The Labute approximate surface area is 157 Å². The van der Waals surface area contributed by atoms with Crippen LogP contribution in [0.4, 0.5) is 0 Å². The van der Waals surface area contributed by atoms with E-state index >= 15 is 0 Å². The Morgan fingerprint density at radius 1 is 0.640 bits per heavy atom. The van der Waals surface area contributed by atoms with Crippen molar-refractivity contribution in [1.29, 1.82) is 0 Å². The summed E-state index contributed by atoms with van der Waals surface area (Å²) < 4.78 is 0. The third kappa shape index (κ3) is 2.46. The maximum Gasteiger partial charge on any atom is 0.113 e. The highest BCUT2D eigenvalue weighted by Crippen LogP contribution is 2.30. The van der Waals surface area contributed by atoms with Crippen LogP contribution in [0.3, 0.4) is 0 Å². The van der Waals surface area contributed by atoms with Crippen molar-refractivity contribution in [2.24, 2.45) is 0 Å². The molecule has 3 aromatic carbocycles. The molecule has 4 rings (SSSR count). The number of hydrogen-bond donors (Lipinski definition) is 1. The lowest BCUT2D eigenvalue weighted by atomic mass is 9.59. The van der Waals surface area contributed by atoms with Crippen molar-refractivity contribution in [3.8, 4) is 11.1 Å². The van der Waals surface area contributed by atoms with E-state index in [4.69, 9.17) is 50.8 Å². The number of aromatic amines is 1. The standard InChI is InChI=1S/C18H7B5ClN/c19-14-13(15(20)17(22)18(23)16(14)21)7-1-3-9-10-6-8(24)2-4-11(10)25-12(9)5-7/h1-6,25H. The summed E-state index contributed by atoms with van der Waals surface area (Å²) in [6, 6.07) is 11.6. The molecule has 0 saturated carbocycles. The first-order valence-electron chi connectivity index (χ1n) is 7.61. The highest BCUT2D eigenvalue weighted by atomic mass is 35.5. The Hall–Kier alpha value is -1.93. The summed E-state index contributed by atoms with van der Waals surface area (Å²) in [4.78, 5) is 3.37. The van der Waals surface area contributed by atoms with Crippen LogP contribution in [0.5, 0.6) is 0 Å². The molecule has 0 bridgehead atoms. The van der Waals surface area contributed by atoms with Crippen LogP contribution in [-0.4, -0.2) is 44.2 Å². The maximum absolute atomic E-state index is 6.16. The van der Waals surface area contributed by atoms with Crippen LogP contribution in [-0.2, 0) is 0 Å². The van der Waals surface area contributed by atoms with E-state index in [1.165, 1.54) is 0 Å². The number of rotatable bonds is 1. The van der Waals surface area contributed by atoms with Gasteiger partial charge in [-0.25, -0.2) is 0 Å². The van der Waals surface area contributed by atoms with Crippen molar-refractivity contribution in [2.75, 3.05) is 0 Å². The van der Waals surface area contributed by atoms with Crippen LogP contribution in [0, 0.1) is 0 Å². The monoisotopic (exact) mass is 327 g/mol. The highest BCUT2D eigenvalue weighted by molar-refractivity contribution is 6.68. The maximum atomic E-state index is 6.16. The van der Waals surface area contributed by atoms with Crippen LogP contribution in [0.2, 0.25) is 5.02 Å². The summed E-state index contributed by atoms with van der Waals surface area (Å²) in [6.45, 7) is 0. The highest BCUT2D eigenvalue weighted by Gasteiger charge is 2.13. The quantitative estimate of drug-likeness (QED) is 0.459. The van der Waals surface area contributed by atoms with Crippen molar-refractivity contribution < 1.29 is 0 Å². The van der Waals surface area contributed by atoms with Crippen LogP contribution in [0.15, 0.2) is 36.4 Å². The first-order chi connectivity index (χ1) is 11.9. The number of H-pyrrole nitrogens is 1. The summed E-state index contributed by atoms with van der Waals surface area (Å²) in [5.41, 5.74) is 4.65. The SMILES string of the molecule is [B]c1c([B])c([B])c(-c2ccc3c(c2)[nH]c2ccc(Cl)cc23)c([B])c1[B]. The van der Waals surface area contributed by atoms with Crippen molar-refractivity contribution in [3.05, 3.63) is 41.4 Å². The second kappa shape index (κ2) is 5.81. The fourth-order valence-electron chi connectivity index (χ4n) is 3.19. The molecule has 4 aromatic rings. The molecular formula is C18H7B5ClN. The van der Waals surface area contributed by atoms with Gasteiger partial charge in [0, 0.05) is 26.8 Å². The number of nitrogens with one attached hydrogen (secondary N) is 1. The molecule has 0 amide bonds. The average Bonchev–Trinajstić information content (AvgIpc) is 2.95. The number of fused-ring (bicyclic) bond motifs is 3. The second-order valence-corrected chi connectivity index (χ2v) is 6.46. The molecule has 0 aliphatic carbocycles. The van der Waals surface area contributed by atoms with Gasteiger partial charge in [-0.2, -0.15) is 0 Å². The van der Waals surface area contributed by atoms with Gasteiger partial charge in [-0.1, -0.05) is 34.7 Å². The summed E-state index contributed by atoms with van der Waals surface area (Å²) >= 11 is 6.11. The average molecular weight is 327 g/mol. The Kier molecular flexibility index (Phi) is 3.84. The molecule has 106 valence electrons. The van der Waals surface area contributed by atoms with Gasteiger partial charge < -0.3 is 4.98 Å². The second-order valence-electron chi connectivity index (χ2n) is 6.02. The van der Waals surface area contributed by atoms with Gasteiger partial charge in [0.2, 0.25) is 0 Å². The summed E-state index contributed by atoms with van der Waals surface area (Å²) in [5.74, 6) is 0. The van der Waals surface area contributed by atoms with Gasteiger partial charge in [0.25, 0.3) is 0 Å². The lowest BCUT2D eigenvalue weighted by Gasteiger charge is -2.21. The van der Waals surface area contributed by atoms with Gasteiger partial charge in [-0.3, -0.25) is 0 Å². The molecule has 0 fully saturated rings. The predicted molar refractivity (Wildman–Crippen MR) is 113 cm³/mol. The summed E-state index contributed by atoms with van der Waals surface area (Å²) in [5, 5.41) is 2.78. The molecule has 0 aliphatic rings. The number of benzene rings is 3. The Morgan fingerprint density at radius 3 is 1.96 bits per heavy atom. The normalized spacial score (nSPS) is 11.4. The zero-order chi connectivity index (χ0) is 17.9. The van der Waals surface area contributed by atoms with E-state index in [0.29, 0.717) is 21.5 Å². The van der Waals surface area contributed by atoms with E-state index in [0.717, 1.165) is 27.4 Å². The molecule has 0 spiro atoms. The van der Waals surface area contributed by atoms with E-state index in [9.17, 15) is 0 Å². The van der Waals surface area contributed by atoms with E-state index < -0.39 is 0 Å². The van der Waals surface area contributed by atoms with Crippen LogP contribution in [0.1, 0.15) is 0 Å². The molecule has 0 unspecified atom stereocenters. The minimum Gasteiger partial charge on any atom is -0.354 e. The van der Waals surface area contributed by atoms with Crippen molar-refractivity contribution in [1.82, 2.24) is 4.98 Å². The largest absolute Gasteiger partial charge is 0.354 e. The smallest absolute Gasteiger partial charge is 0.113 e. The first-order valence-corrected chi connectivity index (χ1v) is 7.99. The lowest BCUT2D eigenvalue weighted by molar-refractivity contribution is 1.55. The third-order valence-corrected chi connectivity index (χ3v) is 4.78. The lowest BCUT2D eigenvalue weighted by Crippen LogP contribution is -2.55. The third-order valence-electron chi connectivity index (χ3n) is 4.55. The number of hydrogen-bond acceptors (Lipinski definition) is 0. The molecule has 0 aliphatic heterocycles. The van der Waals surface area contributed by atoms with Gasteiger partial charge in [-0.05, 0) is 35.4 Å². The van der Waals surface area contributed by atoms with Crippen LogP contribution < -0.4 is 27.3 Å². The van der Waals surface area contributed by atoms with E-state index in [-0.39, 0.29) is 16.4 Å². The number of halogens is 1. The molecule has 1 N–H and O–H groups in total. The molecule has 1 nitrogen and oxygen atoms in total. The zero-order valence-electron chi connectivity index (χ0n) is 13.2. The van der Waals surface area contributed by atoms with Crippen molar-refractivity contribution in [3.63, 3.8) is 0 Å².